The summed E-state index contributed by atoms with van der Waals surface area (Å²) in [6, 6.07) is 5.91. The molecule has 0 spiro atoms. The van der Waals surface area contributed by atoms with Crippen LogP contribution in [0.25, 0.3) is 5.69 Å². The summed E-state index contributed by atoms with van der Waals surface area (Å²) in [6.45, 7) is 5.21. The Kier molecular flexibility index (Phi) is 5.06. The standard InChI is InChI=1S/C19H22FN3O3/c1-11(2)21-18(24)12(3)26-19(25)17-15-5-4-6-16(15)23(22-17)14-9-7-13(20)8-10-14/h7-12H,4-6H2,1-3H3,(H,21,24). The number of halogens is 1. The molecule has 0 aliphatic heterocycles. The van der Waals surface area contributed by atoms with Crippen molar-refractivity contribution in [2.24, 2.45) is 0 Å². The highest BCUT2D eigenvalue weighted by molar-refractivity contribution is 5.92. The molecule has 0 saturated carbocycles. The molecule has 1 heterocycles. The Morgan fingerprint density at radius 2 is 1.88 bits per heavy atom. The van der Waals surface area contributed by atoms with Gasteiger partial charge in [0.2, 0.25) is 0 Å². The van der Waals surface area contributed by atoms with Crippen molar-refractivity contribution in [3.63, 3.8) is 0 Å². The van der Waals surface area contributed by atoms with E-state index in [1.54, 1.807) is 16.8 Å². The second kappa shape index (κ2) is 7.27. The average Bonchev–Trinajstić information content (AvgIpc) is 3.17. The van der Waals surface area contributed by atoms with Gasteiger partial charge in [-0.3, -0.25) is 4.79 Å². The molecule has 138 valence electrons. The Balaban J connectivity index is 1.84. The van der Waals surface area contributed by atoms with E-state index in [0.29, 0.717) is 5.69 Å². The monoisotopic (exact) mass is 359 g/mol. The van der Waals surface area contributed by atoms with Crippen molar-refractivity contribution in [3.8, 4) is 5.69 Å². The van der Waals surface area contributed by atoms with Crippen molar-refractivity contribution in [1.82, 2.24) is 15.1 Å². The molecule has 1 amide bonds. The first-order valence-electron chi connectivity index (χ1n) is 8.75. The fourth-order valence-electron chi connectivity index (χ4n) is 3.07. The Morgan fingerprint density at radius 1 is 1.19 bits per heavy atom. The summed E-state index contributed by atoms with van der Waals surface area (Å²) in [5.41, 5.74) is 2.69. The van der Waals surface area contributed by atoms with Crippen LogP contribution in [0.2, 0.25) is 0 Å². The predicted molar refractivity (Wildman–Crippen MR) is 93.7 cm³/mol. The van der Waals surface area contributed by atoms with Crippen molar-refractivity contribution in [2.45, 2.75) is 52.2 Å². The number of hydrogen-bond donors (Lipinski definition) is 1. The van der Waals surface area contributed by atoms with Crippen LogP contribution in [0.5, 0.6) is 0 Å². The van der Waals surface area contributed by atoms with Gasteiger partial charge in [-0.1, -0.05) is 0 Å². The Hall–Kier alpha value is -2.70. The molecule has 1 aromatic heterocycles. The van der Waals surface area contributed by atoms with E-state index >= 15 is 0 Å². The number of carbonyl (C=O) groups excluding carboxylic acids is 2. The first kappa shape index (κ1) is 18.1. The van der Waals surface area contributed by atoms with Crippen molar-refractivity contribution >= 4 is 11.9 Å². The first-order chi connectivity index (χ1) is 12.4. The van der Waals surface area contributed by atoms with E-state index in [1.165, 1.54) is 19.1 Å². The third-order valence-electron chi connectivity index (χ3n) is 4.28. The van der Waals surface area contributed by atoms with Crippen LogP contribution in [-0.4, -0.2) is 33.8 Å². The highest BCUT2D eigenvalue weighted by Gasteiger charge is 2.29. The third-order valence-corrected chi connectivity index (χ3v) is 4.28. The van der Waals surface area contributed by atoms with Crippen LogP contribution in [0, 0.1) is 5.82 Å². The molecule has 0 bridgehead atoms. The normalized spacial score (nSPS) is 14.2. The molecule has 1 aliphatic carbocycles. The maximum Gasteiger partial charge on any atom is 0.359 e. The van der Waals surface area contributed by atoms with Gasteiger partial charge < -0.3 is 10.1 Å². The summed E-state index contributed by atoms with van der Waals surface area (Å²) in [6.07, 6.45) is 1.53. The van der Waals surface area contributed by atoms with Gasteiger partial charge in [0.25, 0.3) is 5.91 Å². The third kappa shape index (κ3) is 3.61. The van der Waals surface area contributed by atoms with Gasteiger partial charge in [-0.15, -0.1) is 0 Å². The molecule has 1 atom stereocenters. The highest BCUT2D eigenvalue weighted by atomic mass is 19.1. The van der Waals surface area contributed by atoms with Gasteiger partial charge in [-0.05, 0) is 64.3 Å². The number of hydrogen-bond acceptors (Lipinski definition) is 4. The molecule has 1 N–H and O–H groups in total. The summed E-state index contributed by atoms with van der Waals surface area (Å²) in [5, 5.41) is 7.10. The SMILES string of the molecule is CC(C)NC(=O)C(C)OC(=O)c1nn(-c2ccc(F)cc2)c2c1CCC2. The molecule has 0 radical (unpaired) electrons. The maximum atomic E-state index is 13.2. The molecule has 2 aromatic rings. The minimum atomic E-state index is -0.905. The number of amides is 1. The largest absolute Gasteiger partial charge is 0.448 e. The Labute approximate surface area is 151 Å². The van der Waals surface area contributed by atoms with E-state index in [2.05, 4.69) is 10.4 Å². The van der Waals surface area contributed by atoms with Crippen LogP contribution in [0.4, 0.5) is 4.39 Å². The van der Waals surface area contributed by atoms with Gasteiger partial charge >= 0.3 is 5.97 Å². The smallest absolute Gasteiger partial charge is 0.359 e. The summed E-state index contributed by atoms with van der Waals surface area (Å²) < 4.78 is 20.1. The second-order valence-electron chi connectivity index (χ2n) is 6.73. The minimum Gasteiger partial charge on any atom is -0.448 e. The number of benzene rings is 1. The summed E-state index contributed by atoms with van der Waals surface area (Å²) in [5.74, 6) is -1.29. The Bertz CT molecular complexity index is 827. The van der Waals surface area contributed by atoms with Gasteiger partial charge in [-0.2, -0.15) is 5.10 Å². The predicted octanol–water partition coefficient (Wildman–Crippen LogP) is 2.57. The van der Waals surface area contributed by atoms with Gasteiger partial charge in [0.15, 0.2) is 11.8 Å². The summed E-state index contributed by atoms with van der Waals surface area (Å²) >= 11 is 0. The molecule has 6 nitrogen and oxygen atoms in total. The lowest BCUT2D eigenvalue weighted by atomic mass is 10.2. The highest BCUT2D eigenvalue weighted by Crippen LogP contribution is 2.28. The molecule has 1 aromatic carbocycles. The zero-order chi connectivity index (χ0) is 18.8. The minimum absolute atomic E-state index is 0.0365. The van der Waals surface area contributed by atoms with Crippen LogP contribution in [0.1, 0.15) is 48.9 Å². The van der Waals surface area contributed by atoms with E-state index in [9.17, 15) is 14.0 Å². The van der Waals surface area contributed by atoms with Crippen molar-refractivity contribution in [2.75, 3.05) is 0 Å². The molecule has 0 saturated heterocycles. The van der Waals surface area contributed by atoms with Crippen LogP contribution >= 0.6 is 0 Å². The number of nitrogens with zero attached hydrogens (tertiary/aromatic N) is 2. The molecule has 1 unspecified atom stereocenters. The van der Waals surface area contributed by atoms with E-state index in [0.717, 1.165) is 30.5 Å². The van der Waals surface area contributed by atoms with E-state index in [1.807, 2.05) is 13.8 Å². The number of fused-ring (bicyclic) bond motifs is 1. The van der Waals surface area contributed by atoms with Crippen molar-refractivity contribution in [1.29, 1.82) is 0 Å². The van der Waals surface area contributed by atoms with Crippen LogP contribution in [0.3, 0.4) is 0 Å². The molecule has 26 heavy (non-hydrogen) atoms. The van der Waals surface area contributed by atoms with Crippen LogP contribution in [-0.2, 0) is 22.4 Å². The number of esters is 1. The second-order valence-corrected chi connectivity index (χ2v) is 6.73. The zero-order valence-corrected chi connectivity index (χ0v) is 15.1. The first-order valence-corrected chi connectivity index (χ1v) is 8.75. The van der Waals surface area contributed by atoms with Crippen molar-refractivity contribution in [3.05, 3.63) is 47.0 Å². The molecular formula is C19H22FN3O3. The molecule has 7 heteroatoms. The molecular weight excluding hydrogens is 337 g/mol. The van der Waals surface area contributed by atoms with Crippen molar-refractivity contribution < 1.29 is 18.7 Å². The lowest BCUT2D eigenvalue weighted by Crippen LogP contribution is -2.39. The van der Waals surface area contributed by atoms with Crippen LogP contribution in [0.15, 0.2) is 24.3 Å². The molecule has 0 fully saturated rings. The maximum absolute atomic E-state index is 13.2. The van der Waals surface area contributed by atoms with Gasteiger partial charge in [0.05, 0.1) is 5.69 Å². The van der Waals surface area contributed by atoms with Gasteiger partial charge in [0, 0.05) is 17.3 Å². The quantitative estimate of drug-likeness (QED) is 0.833. The number of aromatic nitrogens is 2. The number of rotatable bonds is 5. The zero-order valence-electron chi connectivity index (χ0n) is 15.1. The van der Waals surface area contributed by atoms with E-state index in [-0.39, 0.29) is 23.5 Å². The topological polar surface area (TPSA) is 73.2 Å². The fraction of sp³-hybridized carbons (Fsp3) is 0.421. The van der Waals surface area contributed by atoms with Gasteiger partial charge in [-0.25, -0.2) is 13.9 Å². The molecule has 1 aliphatic rings. The number of carbonyl (C=O) groups is 2. The summed E-state index contributed by atoms with van der Waals surface area (Å²) in [4.78, 5) is 24.5. The summed E-state index contributed by atoms with van der Waals surface area (Å²) in [7, 11) is 0. The van der Waals surface area contributed by atoms with Gasteiger partial charge in [0.1, 0.15) is 5.82 Å². The average molecular weight is 359 g/mol. The van der Waals surface area contributed by atoms with Crippen LogP contribution < -0.4 is 5.32 Å². The lowest BCUT2D eigenvalue weighted by molar-refractivity contribution is -0.129. The van der Waals surface area contributed by atoms with E-state index in [4.69, 9.17) is 4.74 Å². The Morgan fingerprint density at radius 3 is 2.54 bits per heavy atom. The fourth-order valence-corrected chi connectivity index (χ4v) is 3.07. The number of nitrogens with one attached hydrogen (secondary N) is 1. The lowest BCUT2D eigenvalue weighted by Gasteiger charge is -2.15. The number of ether oxygens (including phenoxy) is 1. The van der Waals surface area contributed by atoms with E-state index < -0.39 is 12.1 Å². The molecule has 3 rings (SSSR count).